The number of nitrogens with zero attached hydrogens (tertiary/aromatic N) is 2. The monoisotopic (exact) mass is 384 g/mol. The van der Waals surface area contributed by atoms with Crippen molar-refractivity contribution in [2.75, 3.05) is 33.4 Å². The molecule has 1 saturated heterocycles. The van der Waals surface area contributed by atoms with Crippen molar-refractivity contribution in [1.82, 2.24) is 9.80 Å². The number of carbonyl (C=O) groups excluding carboxylic acids is 2. The predicted octanol–water partition coefficient (Wildman–Crippen LogP) is 3.44. The van der Waals surface area contributed by atoms with Crippen molar-refractivity contribution in [3.05, 3.63) is 35.4 Å². The van der Waals surface area contributed by atoms with Gasteiger partial charge in [0.15, 0.2) is 0 Å². The number of likely N-dealkylation sites (tertiary alicyclic amines) is 1. The molecule has 2 heterocycles. The van der Waals surface area contributed by atoms with Gasteiger partial charge in [0.2, 0.25) is 5.91 Å². The highest BCUT2D eigenvalue weighted by atomic mass is 16.5. The largest absolute Gasteiger partial charge is 0.383 e. The second-order valence-electron chi connectivity index (χ2n) is 8.81. The Morgan fingerprint density at radius 2 is 1.96 bits per heavy atom. The SMILES string of the molecule is COCCN1C(=O)c2ccccc2[C@@H](C(=O)N2CCC[C@H](C)C2)C12CCCC2. The summed E-state index contributed by atoms with van der Waals surface area (Å²) >= 11 is 0. The molecule has 3 aliphatic rings. The molecule has 0 radical (unpaired) electrons. The van der Waals surface area contributed by atoms with Gasteiger partial charge in [-0.3, -0.25) is 9.59 Å². The summed E-state index contributed by atoms with van der Waals surface area (Å²) in [6, 6.07) is 7.77. The molecule has 1 saturated carbocycles. The van der Waals surface area contributed by atoms with Crippen LogP contribution in [-0.4, -0.2) is 60.5 Å². The highest BCUT2D eigenvalue weighted by Crippen LogP contribution is 2.51. The van der Waals surface area contributed by atoms with E-state index in [4.69, 9.17) is 4.74 Å². The smallest absolute Gasteiger partial charge is 0.254 e. The summed E-state index contributed by atoms with van der Waals surface area (Å²) in [5, 5.41) is 0. The molecule has 5 heteroatoms. The molecule has 0 N–H and O–H groups in total. The van der Waals surface area contributed by atoms with Gasteiger partial charge in [-0.15, -0.1) is 0 Å². The third-order valence-electron chi connectivity index (χ3n) is 7.03. The van der Waals surface area contributed by atoms with Crippen LogP contribution in [0.3, 0.4) is 0 Å². The fraction of sp³-hybridized carbons (Fsp3) is 0.652. The third kappa shape index (κ3) is 3.14. The molecule has 1 spiro atoms. The Morgan fingerprint density at radius 3 is 2.68 bits per heavy atom. The molecule has 1 aliphatic carbocycles. The summed E-state index contributed by atoms with van der Waals surface area (Å²) < 4.78 is 5.32. The van der Waals surface area contributed by atoms with E-state index in [2.05, 4.69) is 11.8 Å². The molecule has 5 nitrogen and oxygen atoms in total. The van der Waals surface area contributed by atoms with Crippen molar-refractivity contribution in [1.29, 1.82) is 0 Å². The van der Waals surface area contributed by atoms with Gasteiger partial charge in [-0.25, -0.2) is 0 Å². The molecule has 2 aliphatic heterocycles. The molecule has 1 aromatic carbocycles. The first-order valence-corrected chi connectivity index (χ1v) is 10.8. The van der Waals surface area contributed by atoms with Crippen LogP contribution >= 0.6 is 0 Å². The van der Waals surface area contributed by atoms with Gasteiger partial charge < -0.3 is 14.5 Å². The van der Waals surface area contributed by atoms with Crippen molar-refractivity contribution in [2.24, 2.45) is 5.92 Å². The van der Waals surface area contributed by atoms with Gasteiger partial charge in [-0.05, 0) is 43.2 Å². The fourth-order valence-electron chi connectivity index (χ4n) is 5.72. The number of carbonyl (C=O) groups is 2. The summed E-state index contributed by atoms with van der Waals surface area (Å²) in [6.45, 7) is 4.94. The maximum Gasteiger partial charge on any atom is 0.254 e. The lowest BCUT2D eigenvalue weighted by Crippen LogP contribution is -2.62. The Balaban J connectivity index is 1.79. The minimum Gasteiger partial charge on any atom is -0.383 e. The molecule has 0 aromatic heterocycles. The van der Waals surface area contributed by atoms with E-state index >= 15 is 0 Å². The predicted molar refractivity (Wildman–Crippen MR) is 108 cm³/mol. The number of amides is 2. The normalized spacial score (nSPS) is 26.6. The van der Waals surface area contributed by atoms with Crippen LogP contribution in [0.4, 0.5) is 0 Å². The van der Waals surface area contributed by atoms with Gasteiger partial charge in [0.25, 0.3) is 5.91 Å². The zero-order chi connectivity index (χ0) is 19.7. The summed E-state index contributed by atoms with van der Waals surface area (Å²) in [6.07, 6.45) is 6.20. The summed E-state index contributed by atoms with van der Waals surface area (Å²) in [4.78, 5) is 31.4. The van der Waals surface area contributed by atoms with Crippen LogP contribution in [-0.2, 0) is 9.53 Å². The molecule has 152 valence electrons. The molecule has 1 aromatic rings. The quantitative estimate of drug-likeness (QED) is 0.799. The first-order chi connectivity index (χ1) is 13.6. The Kier molecular flexibility index (Phi) is 5.46. The van der Waals surface area contributed by atoms with Crippen LogP contribution in [0.15, 0.2) is 24.3 Å². The number of piperidine rings is 1. The van der Waals surface area contributed by atoms with Crippen LogP contribution in [0.1, 0.15) is 67.3 Å². The van der Waals surface area contributed by atoms with E-state index in [0.29, 0.717) is 24.6 Å². The average molecular weight is 385 g/mol. The van der Waals surface area contributed by atoms with Crippen molar-refractivity contribution in [3.8, 4) is 0 Å². The fourth-order valence-corrected chi connectivity index (χ4v) is 5.72. The van der Waals surface area contributed by atoms with Crippen LogP contribution in [0.25, 0.3) is 0 Å². The van der Waals surface area contributed by atoms with Crippen LogP contribution in [0.5, 0.6) is 0 Å². The third-order valence-corrected chi connectivity index (χ3v) is 7.03. The topological polar surface area (TPSA) is 49.9 Å². The Hall–Kier alpha value is -1.88. The number of fused-ring (bicyclic) bond motifs is 1. The van der Waals surface area contributed by atoms with Crippen LogP contribution in [0.2, 0.25) is 0 Å². The van der Waals surface area contributed by atoms with E-state index in [1.54, 1.807) is 7.11 Å². The standard InChI is InChI=1S/C23H32N2O3/c1-17-8-7-13-24(16-17)22(27)20-18-9-3-4-10-19(18)21(26)25(14-15-28-2)23(20)11-5-6-12-23/h3-4,9-10,17,20H,5-8,11-16H2,1-2H3/t17-,20-/m0/s1. The number of hydrogen-bond acceptors (Lipinski definition) is 3. The first-order valence-electron chi connectivity index (χ1n) is 10.8. The highest BCUT2D eigenvalue weighted by molar-refractivity contribution is 6.02. The molecular formula is C23H32N2O3. The van der Waals surface area contributed by atoms with Gasteiger partial charge in [-0.1, -0.05) is 38.0 Å². The Morgan fingerprint density at radius 1 is 1.21 bits per heavy atom. The van der Waals surface area contributed by atoms with Crippen molar-refractivity contribution < 1.29 is 14.3 Å². The number of benzene rings is 1. The lowest BCUT2D eigenvalue weighted by atomic mass is 9.70. The summed E-state index contributed by atoms with van der Waals surface area (Å²) in [7, 11) is 1.67. The molecule has 2 amide bonds. The minimum absolute atomic E-state index is 0.0608. The van der Waals surface area contributed by atoms with E-state index in [1.807, 2.05) is 29.2 Å². The summed E-state index contributed by atoms with van der Waals surface area (Å²) in [5.41, 5.74) is 1.23. The number of ether oxygens (including phenoxy) is 1. The molecular weight excluding hydrogens is 352 g/mol. The minimum atomic E-state index is -0.401. The average Bonchev–Trinajstić information content (AvgIpc) is 3.18. The van der Waals surface area contributed by atoms with Crippen LogP contribution in [0, 0.1) is 5.92 Å². The van der Waals surface area contributed by atoms with E-state index < -0.39 is 5.54 Å². The zero-order valence-electron chi connectivity index (χ0n) is 17.2. The van der Waals surface area contributed by atoms with E-state index in [-0.39, 0.29) is 17.7 Å². The molecule has 0 bridgehead atoms. The molecule has 4 rings (SSSR count). The van der Waals surface area contributed by atoms with E-state index in [0.717, 1.165) is 50.8 Å². The number of methoxy groups -OCH3 is 1. The second-order valence-corrected chi connectivity index (χ2v) is 8.81. The number of rotatable bonds is 4. The van der Waals surface area contributed by atoms with Crippen molar-refractivity contribution in [3.63, 3.8) is 0 Å². The first kappa shape index (κ1) is 19.4. The zero-order valence-corrected chi connectivity index (χ0v) is 17.2. The molecule has 28 heavy (non-hydrogen) atoms. The number of hydrogen-bond donors (Lipinski definition) is 0. The Labute approximate surface area is 168 Å². The van der Waals surface area contributed by atoms with E-state index in [9.17, 15) is 9.59 Å². The van der Waals surface area contributed by atoms with E-state index in [1.165, 1.54) is 6.42 Å². The lowest BCUT2D eigenvalue weighted by molar-refractivity contribution is -0.138. The molecule has 0 unspecified atom stereocenters. The van der Waals surface area contributed by atoms with Gasteiger partial charge in [0, 0.05) is 32.3 Å². The maximum atomic E-state index is 13.9. The highest BCUT2D eigenvalue weighted by Gasteiger charge is 2.56. The Bertz CT molecular complexity index is 741. The summed E-state index contributed by atoms with van der Waals surface area (Å²) in [5.74, 6) is 0.565. The molecule has 2 fully saturated rings. The van der Waals surface area contributed by atoms with Crippen molar-refractivity contribution >= 4 is 11.8 Å². The van der Waals surface area contributed by atoms with Gasteiger partial charge >= 0.3 is 0 Å². The van der Waals surface area contributed by atoms with Crippen LogP contribution < -0.4 is 0 Å². The van der Waals surface area contributed by atoms with Crippen molar-refractivity contribution in [2.45, 2.75) is 56.9 Å². The van der Waals surface area contributed by atoms with Gasteiger partial charge in [0.05, 0.1) is 18.1 Å². The second kappa shape index (κ2) is 7.86. The van der Waals surface area contributed by atoms with Gasteiger partial charge in [-0.2, -0.15) is 0 Å². The maximum absolute atomic E-state index is 13.9. The lowest BCUT2D eigenvalue weighted by Gasteiger charge is -2.51. The molecule has 2 atom stereocenters. The van der Waals surface area contributed by atoms with Gasteiger partial charge in [0.1, 0.15) is 0 Å².